The number of hydrogen-bond donors (Lipinski definition) is 0. The van der Waals surface area contributed by atoms with E-state index in [1.165, 1.54) is 136 Å². The van der Waals surface area contributed by atoms with Crippen LogP contribution in [0.15, 0.2) is 243 Å². The summed E-state index contributed by atoms with van der Waals surface area (Å²) in [5.74, 6) is 0. The molecule has 15 aromatic rings. The van der Waals surface area contributed by atoms with Gasteiger partial charge in [-0.15, -0.1) is 0 Å². The Morgan fingerprint density at radius 1 is 0.221 bits per heavy atom. The topological polar surface area (TPSA) is 9.86 Å². The van der Waals surface area contributed by atoms with Crippen LogP contribution in [0.25, 0.3) is 142 Å². The molecule has 2 heteroatoms. The van der Waals surface area contributed by atoms with Crippen LogP contribution < -0.4 is 0 Å². The fourth-order valence-corrected chi connectivity index (χ4v) is 11.9. The van der Waals surface area contributed by atoms with Gasteiger partial charge in [-0.25, -0.2) is 0 Å². The summed E-state index contributed by atoms with van der Waals surface area (Å²) in [6.45, 7) is 0. The van der Waals surface area contributed by atoms with E-state index in [-0.39, 0.29) is 0 Å². The second-order valence-electron chi connectivity index (χ2n) is 18.4. The van der Waals surface area contributed by atoms with E-state index >= 15 is 0 Å². The Labute approximate surface area is 391 Å². The van der Waals surface area contributed by atoms with Gasteiger partial charge in [-0.3, -0.25) is 0 Å². The van der Waals surface area contributed by atoms with Crippen molar-refractivity contribution in [2.45, 2.75) is 0 Å². The molecule has 0 aliphatic heterocycles. The zero-order chi connectivity index (χ0) is 44.5. The Hall–Kier alpha value is -8.98. The van der Waals surface area contributed by atoms with E-state index in [1.807, 2.05) is 0 Å². The SMILES string of the molecule is c1ccc2c(-n3c4ccccc4c4cc(-c5ccc6c(c5)c5ccccc5n6-c5ccc(-c6cc7c8ccccc8c8ccccc8c7c7c6ccc6ccccc67)cc5)ccc43)cccc2c1. The molecule has 0 unspecified atom stereocenters. The number of nitrogens with zero attached hydrogens (tertiary/aromatic N) is 2. The van der Waals surface area contributed by atoms with Gasteiger partial charge in [0.1, 0.15) is 0 Å². The molecule has 0 saturated heterocycles. The molecule has 13 aromatic carbocycles. The lowest BCUT2D eigenvalue weighted by Gasteiger charge is -2.18. The van der Waals surface area contributed by atoms with E-state index in [0.29, 0.717) is 0 Å². The Kier molecular flexibility index (Phi) is 7.81. The number of para-hydroxylation sites is 2. The molecule has 2 nitrogen and oxygen atoms in total. The summed E-state index contributed by atoms with van der Waals surface area (Å²) in [5, 5.41) is 20.4. The molecule has 0 saturated carbocycles. The van der Waals surface area contributed by atoms with Gasteiger partial charge in [0.05, 0.1) is 27.8 Å². The van der Waals surface area contributed by atoms with Crippen molar-refractivity contribution < 1.29 is 0 Å². The van der Waals surface area contributed by atoms with Gasteiger partial charge < -0.3 is 9.13 Å². The molecule has 0 fully saturated rings. The first-order chi connectivity index (χ1) is 33.7. The molecular weight excluding hydrogens is 821 g/mol. The van der Waals surface area contributed by atoms with Crippen molar-refractivity contribution in [1.29, 1.82) is 0 Å². The van der Waals surface area contributed by atoms with Crippen molar-refractivity contribution in [3.8, 4) is 33.6 Å². The normalized spacial score (nSPS) is 12.1. The molecule has 0 aliphatic rings. The molecule has 15 rings (SSSR count). The maximum atomic E-state index is 2.46. The Balaban J connectivity index is 0.885. The van der Waals surface area contributed by atoms with Crippen LogP contribution in [-0.2, 0) is 0 Å². The highest BCUT2D eigenvalue weighted by molar-refractivity contribution is 6.36. The van der Waals surface area contributed by atoms with Crippen LogP contribution in [0, 0.1) is 0 Å². The van der Waals surface area contributed by atoms with Gasteiger partial charge in [0, 0.05) is 32.6 Å². The lowest BCUT2D eigenvalue weighted by atomic mass is 9.85. The Bertz CT molecular complexity index is 4590. The highest BCUT2D eigenvalue weighted by atomic mass is 15.0. The van der Waals surface area contributed by atoms with Crippen LogP contribution in [-0.4, -0.2) is 9.13 Å². The van der Waals surface area contributed by atoms with E-state index in [9.17, 15) is 0 Å². The smallest absolute Gasteiger partial charge is 0.0541 e. The van der Waals surface area contributed by atoms with Gasteiger partial charge in [-0.1, -0.05) is 182 Å². The maximum Gasteiger partial charge on any atom is 0.0541 e. The van der Waals surface area contributed by atoms with Crippen molar-refractivity contribution in [2.24, 2.45) is 0 Å². The van der Waals surface area contributed by atoms with Crippen molar-refractivity contribution >= 4 is 108 Å². The first-order valence-electron chi connectivity index (χ1n) is 23.6. The van der Waals surface area contributed by atoms with E-state index in [2.05, 4.69) is 252 Å². The lowest BCUT2D eigenvalue weighted by molar-refractivity contribution is 1.18. The third-order valence-electron chi connectivity index (χ3n) is 14.9. The molecule has 0 bridgehead atoms. The average Bonchev–Trinajstić information content (AvgIpc) is 3.92. The zero-order valence-corrected chi connectivity index (χ0v) is 37.0. The monoisotopic (exact) mass is 860 g/mol. The van der Waals surface area contributed by atoms with Gasteiger partial charge in [0.25, 0.3) is 0 Å². The molecule has 0 N–H and O–H groups in total. The summed E-state index contributed by atoms with van der Waals surface area (Å²) in [4.78, 5) is 0. The van der Waals surface area contributed by atoms with E-state index < -0.39 is 0 Å². The standard InChI is InChI=1S/C66H40N2/c1-3-17-47-41(14-1)16-13-27-60(47)68-62-26-12-10-23-53(62)58-39-45(32-37-64(58)68)44-31-36-63-57(38-44)52-22-9-11-25-61(52)67(63)46-33-28-43(29-34-46)56-40-59-51-21-6-5-19-49(51)50-20-7-8-24-54(50)66(59)65-48-18-4-2-15-42(48)30-35-55(56)65/h1-40H. The highest BCUT2D eigenvalue weighted by Gasteiger charge is 2.20. The Morgan fingerprint density at radius 2 is 0.676 bits per heavy atom. The number of aromatic nitrogens is 2. The predicted molar refractivity (Wildman–Crippen MR) is 291 cm³/mol. The minimum atomic E-state index is 1.14. The first-order valence-corrected chi connectivity index (χ1v) is 23.6. The van der Waals surface area contributed by atoms with Gasteiger partial charge in [-0.2, -0.15) is 0 Å². The summed E-state index contributed by atoms with van der Waals surface area (Å²) in [5.41, 5.74) is 12.0. The van der Waals surface area contributed by atoms with Crippen LogP contribution in [0.4, 0.5) is 0 Å². The van der Waals surface area contributed by atoms with Crippen LogP contribution in [0.1, 0.15) is 0 Å². The average molecular weight is 861 g/mol. The molecule has 0 spiro atoms. The number of fused-ring (bicyclic) bond motifs is 17. The van der Waals surface area contributed by atoms with Crippen molar-refractivity contribution in [2.75, 3.05) is 0 Å². The number of hydrogen-bond acceptors (Lipinski definition) is 0. The van der Waals surface area contributed by atoms with E-state index in [0.717, 1.165) is 5.69 Å². The molecular formula is C66H40N2. The number of benzene rings is 13. The molecule has 0 aliphatic carbocycles. The summed E-state index contributed by atoms with van der Waals surface area (Å²) in [7, 11) is 0. The van der Waals surface area contributed by atoms with Crippen LogP contribution >= 0.6 is 0 Å². The van der Waals surface area contributed by atoms with Crippen molar-refractivity contribution in [3.63, 3.8) is 0 Å². The first kappa shape index (κ1) is 37.3. The molecule has 2 aromatic heterocycles. The number of rotatable bonds is 4. The van der Waals surface area contributed by atoms with Gasteiger partial charge in [0.2, 0.25) is 0 Å². The maximum absolute atomic E-state index is 2.46. The van der Waals surface area contributed by atoms with Crippen LogP contribution in [0.5, 0.6) is 0 Å². The van der Waals surface area contributed by atoms with E-state index in [4.69, 9.17) is 0 Å². The molecule has 0 radical (unpaired) electrons. The second-order valence-corrected chi connectivity index (χ2v) is 18.4. The fourth-order valence-electron chi connectivity index (χ4n) is 11.9. The van der Waals surface area contributed by atoms with Gasteiger partial charge in [-0.05, 0) is 142 Å². The lowest BCUT2D eigenvalue weighted by Crippen LogP contribution is -1.95. The molecule has 68 heavy (non-hydrogen) atoms. The van der Waals surface area contributed by atoms with Crippen LogP contribution in [0.2, 0.25) is 0 Å². The van der Waals surface area contributed by atoms with E-state index in [1.54, 1.807) is 0 Å². The van der Waals surface area contributed by atoms with Crippen molar-refractivity contribution in [1.82, 2.24) is 9.13 Å². The third kappa shape index (κ3) is 5.28. The minimum Gasteiger partial charge on any atom is -0.309 e. The zero-order valence-electron chi connectivity index (χ0n) is 37.0. The molecule has 0 amide bonds. The van der Waals surface area contributed by atoms with Crippen molar-refractivity contribution in [3.05, 3.63) is 243 Å². The van der Waals surface area contributed by atoms with Gasteiger partial charge in [0.15, 0.2) is 0 Å². The fraction of sp³-hybridized carbons (Fsp3) is 0. The molecule has 2 heterocycles. The summed E-state index contributed by atoms with van der Waals surface area (Å²) >= 11 is 0. The van der Waals surface area contributed by atoms with Crippen LogP contribution in [0.3, 0.4) is 0 Å². The minimum absolute atomic E-state index is 1.14. The predicted octanol–water partition coefficient (Wildman–Crippen LogP) is 18.1. The molecule has 0 atom stereocenters. The van der Waals surface area contributed by atoms with Gasteiger partial charge >= 0.3 is 0 Å². The largest absolute Gasteiger partial charge is 0.309 e. The summed E-state index contributed by atoms with van der Waals surface area (Å²) in [6, 6.07) is 90.1. The summed E-state index contributed by atoms with van der Waals surface area (Å²) < 4.78 is 4.87. The summed E-state index contributed by atoms with van der Waals surface area (Å²) in [6.07, 6.45) is 0. The Morgan fingerprint density at radius 3 is 1.35 bits per heavy atom. The quantitative estimate of drug-likeness (QED) is 0.156. The third-order valence-corrected chi connectivity index (χ3v) is 14.9. The second kappa shape index (κ2) is 14.3. The highest BCUT2D eigenvalue weighted by Crippen LogP contribution is 2.46. The molecule has 314 valence electrons.